The van der Waals surface area contributed by atoms with Gasteiger partial charge in [-0.2, -0.15) is 0 Å². The summed E-state index contributed by atoms with van der Waals surface area (Å²) < 4.78 is 5.19. The molecule has 2 rings (SSSR count). The van der Waals surface area contributed by atoms with E-state index in [1.165, 1.54) is 0 Å². The molecule has 2 aromatic rings. The molecule has 0 fully saturated rings. The SMILES string of the molecule is O=[C]c1ccc(-c2ccccc2Cl)o1. The topological polar surface area (TPSA) is 30.2 Å². The van der Waals surface area contributed by atoms with E-state index < -0.39 is 0 Å². The normalized spacial score (nSPS) is 10.1. The molecule has 0 atom stereocenters. The van der Waals surface area contributed by atoms with Crippen LogP contribution in [0.1, 0.15) is 5.76 Å². The molecule has 0 N–H and O–H groups in total. The van der Waals surface area contributed by atoms with Gasteiger partial charge < -0.3 is 4.42 Å². The highest BCUT2D eigenvalue weighted by atomic mass is 35.5. The summed E-state index contributed by atoms with van der Waals surface area (Å²) in [5.74, 6) is 0.758. The Balaban J connectivity index is 2.49. The predicted octanol–water partition coefficient (Wildman–Crippen LogP) is 3.06. The van der Waals surface area contributed by atoms with Crippen molar-refractivity contribution in [1.29, 1.82) is 0 Å². The lowest BCUT2D eigenvalue weighted by Gasteiger charge is -1.98. The Bertz CT molecular complexity index is 460. The van der Waals surface area contributed by atoms with Crippen molar-refractivity contribution in [1.82, 2.24) is 0 Å². The third-order valence-electron chi connectivity index (χ3n) is 1.85. The number of halogens is 1. The van der Waals surface area contributed by atoms with Crippen molar-refractivity contribution in [3.8, 4) is 11.3 Å². The van der Waals surface area contributed by atoms with Gasteiger partial charge in [-0.3, -0.25) is 4.79 Å². The quantitative estimate of drug-likeness (QED) is 0.754. The first kappa shape index (κ1) is 9.03. The summed E-state index contributed by atoms with van der Waals surface area (Å²) in [7, 11) is 0. The number of hydrogen-bond donors (Lipinski definition) is 0. The van der Waals surface area contributed by atoms with Gasteiger partial charge in [-0.05, 0) is 24.3 Å². The van der Waals surface area contributed by atoms with Crippen LogP contribution in [-0.2, 0) is 4.79 Å². The maximum atomic E-state index is 10.3. The van der Waals surface area contributed by atoms with E-state index in [4.69, 9.17) is 16.0 Å². The van der Waals surface area contributed by atoms with Gasteiger partial charge in [0, 0.05) is 5.56 Å². The van der Waals surface area contributed by atoms with Gasteiger partial charge in [0.15, 0.2) is 5.76 Å². The third-order valence-corrected chi connectivity index (χ3v) is 2.18. The molecule has 14 heavy (non-hydrogen) atoms. The molecule has 2 nitrogen and oxygen atoms in total. The van der Waals surface area contributed by atoms with Crippen LogP contribution >= 0.6 is 11.6 Å². The van der Waals surface area contributed by atoms with Gasteiger partial charge in [0.1, 0.15) is 5.76 Å². The second kappa shape index (κ2) is 3.68. The fourth-order valence-electron chi connectivity index (χ4n) is 1.20. The van der Waals surface area contributed by atoms with Gasteiger partial charge in [-0.1, -0.05) is 23.7 Å². The molecule has 1 aromatic heterocycles. The highest BCUT2D eigenvalue weighted by molar-refractivity contribution is 6.33. The van der Waals surface area contributed by atoms with E-state index in [1.54, 1.807) is 24.5 Å². The Morgan fingerprint density at radius 2 is 1.93 bits per heavy atom. The fraction of sp³-hybridized carbons (Fsp3) is 0. The highest BCUT2D eigenvalue weighted by Gasteiger charge is 2.07. The van der Waals surface area contributed by atoms with Crippen LogP contribution in [-0.4, -0.2) is 6.29 Å². The number of furan rings is 1. The minimum Gasteiger partial charge on any atom is -0.452 e. The molecule has 0 aliphatic rings. The second-order valence-corrected chi connectivity index (χ2v) is 3.15. The van der Waals surface area contributed by atoms with Gasteiger partial charge in [-0.15, -0.1) is 0 Å². The van der Waals surface area contributed by atoms with Crippen molar-refractivity contribution in [2.75, 3.05) is 0 Å². The zero-order valence-electron chi connectivity index (χ0n) is 7.16. The summed E-state index contributed by atoms with van der Waals surface area (Å²) in [6.07, 6.45) is 1.68. The summed E-state index contributed by atoms with van der Waals surface area (Å²) in [5.41, 5.74) is 0.774. The van der Waals surface area contributed by atoms with Crippen LogP contribution < -0.4 is 0 Å². The third kappa shape index (κ3) is 1.56. The smallest absolute Gasteiger partial charge is 0.271 e. The lowest BCUT2D eigenvalue weighted by atomic mass is 10.2. The first-order valence-corrected chi connectivity index (χ1v) is 4.42. The molecular formula is C11H6ClO2. The summed E-state index contributed by atoms with van der Waals surface area (Å²) in [6, 6.07) is 10.5. The van der Waals surface area contributed by atoms with Crippen LogP contribution in [0.4, 0.5) is 0 Å². The average molecular weight is 206 g/mol. The maximum absolute atomic E-state index is 10.3. The van der Waals surface area contributed by atoms with Crippen molar-refractivity contribution >= 4 is 17.9 Å². The Kier molecular flexibility index (Phi) is 2.37. The molecule has 0 saturated carbocycles. The van der Waals surface area contributed by atoms with E-state index in [0.29, 0.717) is 10.8 Å². The van der Waals surface area contributed by atoms with Crippen molar-refractivity contribution in [3.63, 3.8) is 0 Å². The largest absolute Gasteiger partial charge is 0.452 e. The summed E-state index contributed by atoms with van der Waals surface area (Å²) in [4.78, 5) is 10.3. The molecule has 0 bridgehead atoms. The molecule has 0 spiro atoms. The van der Waals surface area contributed by atoms with Crippen LogP contribution in [0.15, 0.2) is 40.8 Å². The molecule has 1 aromatic carbocycles. The molecular weight excluding hydrogens is 200 g/mol. The molecule has 0 saturated heterocycles. The van der Waals surface area contributed by atoms with E-state index in [0.717, 1.165) is 5.56 Å². The number of carbonyl (C=O) groups excluding carboxylic acids is 1. The summed E-state index contributed by atoms with van der Waals surface area (Å²) in [5, 5.41) is 0.597. The van der Waals surface area contributed by atoms with Crippen LogP contribution in [0.3, 0.4) is 0 Å². The first-order chi connectivity index (χ1) is 6.81. The molecule has 0 aliphatic heterocycles. The monoisotopic (exact) mass is 205 g/mol. The van der Waals surface area contributed by atoms with E-state index in [2.05, 4.69) is 0 Å². The lowest BCUT2D eigenvalue weighted by Crippen LogP contribution is -1.75. The van der Waals surface area contributed by atoms with Crippen LogP contribution in [0.25, 0.3) is 11.3 Å². The number of benzene rings is 1. The molecule has 1 radical (unpaired) electrons. The predicted molar refractivity (Wildman–Crippen MR) is 53.9 cm³/mol. The molecule has 0 amide bonds. The van der Waals surface area contributed by atoms with Crippen LogP contribution in [0.5, 0.6) is 0 Å². The Labute approximate surface area is 86.1 Å². The van der Waals surface area contributed by atoms with Crippen molar-refractivity contribution in [2.24, 2.45) is 0 Å². The van der Waals surface area contributed by atoms with Gasteiger partial charge >= 0.3 is 0 Å². The zero-order valence-corrected chi connectivity index (χ0v) is 7.91. The minimum absolute atomic E-state index is 0.180. The molecule has 0 unspecified atom stereocenters. The average Bonchev–Trinajstić information content (AvgIpc) is 2.67. The Hall–Kier alpha value is -1.54. The molecule has 69 valence electrons. The van der Waals surface area contributed by atoms with E-state index in [9.17, 15) is 4.79 Å². The Morgan fingerprint density at radius 1 is 1.14 bits per heavy atom. The van der Waals surface area contributed by atoms with Gasteiger partial charge in [0.05, 0.1) is 5.02 Å². The van der Waals surface area contributed by atoms with Gasteiger partial charge in [-0.25, -0.2) is 0 Å². The number of rotatable bonds is 2. The number of hydrogen-bond acceptors (Lipinski definition) is 2. The lowest BCUT2D eigenvalue weighted by molar-refractivity contribution is 0.525. The maximum Gasteiger partial charge on any atom is 0.271 e. The van der Waals surface area contributed by atoms with E-state index >= 15 is 0 Å². The summed E-state index contributed by atoms with van der Waals surface area (Å²) >= 11 is 5.95. The highest BCUT2D eigenvalue weighted by Crippen LogP contribution is 2.28. The van der Waals surface area contributed by atoms with E-state index in [-0.39, 0.29) is 5.76 Å². The van der Waals surface area contributed by atoms with Crippen molar-refractivity contribution in [2.45, 2.75) is 0 Å². The van der Waals surface area contributed by atoms with Crippen molar-refractivity contribution < 1.29 is 9.21 Å². The molecule has 0 aliphatic carbocycles. The second-order valence-electron chi connectivity index (χ2n) is 2.75. The van der Waals surface area contributed by atoms with Crippen LogP contribution in [0, 0.1) is 0 Å². The van der Waals surface area contributed by atoms with Gasteiger partial charge in [0.25, 0.3) is 6.29 Å². The van der Waals surface area contributed by atoms with E-state index in [1.807, 2.05) is 18.2 Å². The molecule has 1 heterocycles. The first-order valence-electron chi connectivity index (χ1n) is 4.04. The summed E-state index contributed by atoms with van der Waals surface area (Å²) in [6.45, 7) is 0. The fourth-order valence-corrected chi connectivity index (χ4v) is 1.43. The van der Waals surface area contributed by atoms with Crippen molar-refractivity contribution in [3.05, 3.63) is 47.2 Å². The van der Waals surface area contributed by atoms with Crippen LogP contribution in [0.2, 0.25) is 5.02 Å². The standard InChI is InChI=1S/C11H6ClO2/c12-10-4-2-1-3-9(10)11-6-5-8(7-13)14-11/h1-6H. The van der Waals surface area contributed by atoms with Gasteiger partial charge in [0.2, 0.25) is 0 Å². The molecule has 3 heteroatoms. The Morgan fingerprint density at radius 3 is 2.57 bits per heavy atom. The minimum atomic E-state index is 0.180. The zero-order chi connectivity index (χ0) is 9.97.